The van der Waals surface area contributed by atoms with Gasteiger partial charge in [-0.2, -0.15) is 0 Å². The number of amides is 1. The molecule has 0 spiro atoms. The van der Waals surface area contributed by atoms with Crippen molar-refractivity contribution in [3.05, 3.63) is 52.9 Å². The highest BCUT2D eigenvalue weighted by Crippen LogP contribution is 2.19. The second-order valence-corrected chi connectivity index (χ2v) is 7.46. The predicted octanol–water partition coefficient (Wildman–Crippen LogP) is 2.63. The van der Waals surface area contributed by atoms with Gasteiger partial charge in [0.05, 0.1) is 12.2 Å². The number of aryl methyl sites for hydroxylation is 2. The highest BCUT2D eigenvalue weighted by Gasteiger charge is 2.24. The summed E-state index contributed by atoms with van der Waals surface area (Å²) in [5, 5.41) is 4.03. The largest absolute Gasteiger partial charge is 0.361 e. The lowest BCUT2D eigenvalue weighted by Gasteiger charge is -2.36. The smallest absolute Gasteiger partial charge is 0.236 e. The number of benzene rings is 1. The third-order valence-electron chi connectivity index (χ3n) is 5.62. The molecule has 1 atom stereocenters. The third kappa shape index (κ3) is 4.76. The molecular weight excluding hydrogens is 340 g/mol. The van der Waals surface area contributed by atoms with E-state index in [0.29, 0.717) is 6.54 Å². The van der Waals surface area contributed by atoms with E-state index in [-0.39, 0.29) is 11.9 Å². The van der Waals surface area contributed by atoms with Gasteiger partial charge in [0.25, 0.3) is 0 Å². The molecule has 146 valence electrons. The van der Waals surface area contributed by atoms with Gasteiger partial charge in [-0.1, -0.05) is 35.5 Å². The van der Waals surface area contributed by atoms with Crippen LogP contribution in [-0.2, 0) is 11.3 Å². The van der Waals surface area contributed by atoms with Gasteiger partial charge in [-0.05, 0) is 33.4 Å². The van der Waals surface area contributed by atoms with Gasteiger partial charge >= 0.3 is 0 Å². The maximum absolute atomic E-state index is 12.7. The minimum absolute atomic E-state index is 0.206. The molecule has 2 aromatic rings. The van der Waals surface area contributed by atoms with Crippen LogP contribution in [-0.4, -0.2) is 65.5 Å². The van der Waals surface area contributed by atoms with Crippen molar-refractivity contribution < 1.29 is 9.32 Å². The van der Waals surface area contributed by atoms with Crippen LogP contribution in [0.25, 0.3) is 0 Å². The molecule has 1 saturated heterocycles. The summed E-state index contributed by atoms with van der Waals surface area (Å²) in [6.07, 6.45) is 0. The van der Waals surface area contributed by atoms with Crippen LogP contribution in [0.3, 0.4) is 0 Å². The molecule has 1 aliphatic rings. The second-order valence-electron chi connectivity index (χ2n) is 7.46. The summed E-state index contributed by atoms with van der Waals surface area (Å²) in [6.45, 7) is 10.7. The topological polar surface area (TPSA) is 52.8 Å². The normalized spacial score (nSPS) is 16.7. The number of aromatic nitrogens is 1. The molecule has 1 aliphatic heterocycles. The van der Waals surface area contributed by atoms with Gasteiger partial charge in [0.1, 0.15) is 5.76 Å². The first-order chi connectivity index (χ1) is 13.0. The fourth-order valence-corrected chi connectivity index (χ4v) is 3.54. The van der Waals surface area contributed by atoms with Crippen LogP contribution in [0.15, 0.2) is 34.9 Å². The Morgan fingerprint density at radius 3 is 2.44 bits per heavy atom. The monoisotopic (exact) mass is 370 g/mol. The van der Waals surface area contributed by atoms with Gasteiger partial charge in [-0.15, -0.1) is 0 Å². The molecule has 1 amide bonds. The zero-order valence-corrected chi connectivity index (χ0v) is 16.8. The van der Waals surface area contributed by atoms with Crippen molar-refractivity contribution in [3.8, 4) is 0 Å². The SMILES string of the molecule is Cc1noc(C)c1CN1CCN(C(=O)CN(C)C(C)c2ccccc2)CC1. The number of carbonyl (C=O) groups excluding carboxylic acids is 1. The summed E-state index contributed by atoms with van der Waals surface area (Å²) in [4.78, 5) is 19.2. The summed E-state index contributed by atoms with van der Waals surface area (Å²) < 4.78 is 5.25. The lowest BCUT2D eigenvalue weighted by Crippen LogP contribution is -2.50. The zero-order valence-electron chi connectivity index (χ0n) is 16.8. The van der Waals surface area contributed by atoms with E-state index in [1.807, 2.05) is 44.0 Å². The summed E-state index contributed by atoms with van der Waals surface area (Å²) in [7, 11) is 2.02. The summed E-state index contributed by atoms with van der Waals surface area (Å²) in [6, 6.07) is 10.5. The van der Waals surface area contributed by atoms with Crippen molar-refractivity contribution in [3.63, 3.8) is 0 Å². The van der Waals surface area contributed by atoms with Crippen LogP contribution in [0.5, 0.6) is 0 Å². The van der Waals surface area contributed by atoms with E-state index in [0.717, 1.165) is 44.2 Å². The van der Waals surface area contributed by atoms with Gasteiger partial charge in [0.2, 0.25) is 5.91 Å². The van der Waals surface area contributed by atoms with E-state index in [1.54, 1.807) is 0 Å². The molecule has 0 radical (unpaired) electrons. The number of carbonyl (C=O) groups is 1. The summed E-state index contributed by atoms with van der Waals surface area (Å²) in [5.41, 5.74) is 3.37. The standard InChI is InChI=1S/C21H30N4O2/c1-16-20(18(3)27-22-16)14-24-10-12-25(13-11-24)21(26)15-23(4)17(2)19-8-6-5-7-9-19/h5-9,17H,10-15H2,1-4H3. The summed E-state index contributed by atoms with van der Waals surface area (Å²) in [5.74, 6) is 1.10. The molecule has 27 heavy (non-hydrogen) atoms. The molecule has 2 heterocycles. The van der Waals surface area contributed by atoms with E-state index >= 15 is 0 Å². The zero-order chi connectivity index (χ0) is 19.4. The van der Waals surface area contributed by atoms with Gasteiger partial charge in [-0.25, -0.2) is 0 Å². The Hall–Kier alpha value is -2.18. The molecule has 1 aromatic heterocycles. The molecule has 1 unspecified atom stereocenters. The maximum Gasteiger partial charge on any atom is 0.236 e. The quantitative estimate of drug-likeness (QED) is 0.782. The minimum Gasteiger partial charge on any atom is -0.361 e. The Morgan fingerprint density at radius 1 is 1.19 bits per heavy atom. The second kappa shape index (κ2) is 8.67. The highest BCUT2D eigenvalue weighted by atomic mass is 16.5. The third-order valence-corrected chi connectivity index (χ3v) is 5.62. The number of rotatable bonds is 6. The molecule has 0 saturated carbocycles. The van der Waals surface area contributed by atoms with Crippen LogP contribution in [0, 0.1) is 13.8 Å². The lowest BCUT2D eigenvalue weighted by atomic mass is 10.1. The summed E-state index contributed by atoms with van der Waals surface area (Å²) >= 11 is 0. The molecule has 0 bridgehead atoms. The number of hydrogen-bond donors (Lipinski definition) is 0. The molecule has 0 N–H and O–H groups in total. The fraction of sp³-hybridized carbons (Fsp3) is 0.524. The van der Waals surface area contributed by atoms with E-state index in [1.165, 1.54) is 11.1 Å². The molecule has 3 rings (SSSR count). The number of nitrogens with zero attached hydrogens (tertiary/aromatic N) is 4. The Morgan fingerprint density at radius 2 is 1.85 bits per heavy atom. The van der Waals surface area contributed by atoms with Crippen molar-refractivity contribution in [1.29, 1.82) is 0 Å². The molecule has 1 aromatic carbocycles. The molecule has 6 heteroatoms. The van der Waals surface area contributed by atoms with Crippen LogP contribution >= 0.6 is 0 Å². The van der Waals surface area contributed by atoms with E-state index < -0.39 is 0 Å². The first-order valence-electron chi connectivity index (χ1n) is 9.62. The molecule has 1 fully saturated rings. The minimum atomic E-state index is 0.206. The van der Waals surface area contributed by atoms with Gasteiger partial charge in [0.15, 0.2) is 0 Å². The number of likely N-dealkylation sites (N-methyl/N-ethyl adjacent to an activating group) is 1. The van der Waals surface area contributed by atoms with Gasteiger partial charge in [0, 0.05) is 44.3 Å². The Balaban J connectivity index is 1.48. The van der Waals surface area contributed by atoms with E-state index in [9.17, 15) is 4.79 Å². The molecular formula is C21H30N4O2. The first-order valence-corrected chi connectivity index (χ1v) is 9.62. The van der Waals surface area contributed by atoms with Crippen LogP contribution in [0.1, 0.15) is 35.5 Å². The van der Waals surface area contributed by atoms with Crippen molar-refractivity contribution in [2.24, 2.45) is 0 Å². The van der Waals surface area contributed by atoms with E-state index in [2.05, 4.69) is 34.0 Å². The molecule has 6 nitrogen and oxygen atoms in total. The van der Waals surface area contributed by atoms with Crippen molar-refractivity contribution in [2.75, 3.05) is 39.8 Å². The van der Waals surface area contributed by atoms with Crippen LogP contribution in [0.4, 0.5) is 0 Å². The average molecular weight is 370 g/mol. The van der Waals surface area contributed by atoms with Crippen molar-refractivity contribution in [1.82, 2.24) is 19.9 Å². The Labute approximate surface area is 161 Å². The number of piperazine rings is 1. The predicted molar refractivity (Wildman–Crippen MR) is 105 cm³/mol. The Kier molecular flexibility index (Phi) is 6.29. The molecule has 0 aliphatic carbocycles. The van der Waals surface area contributed by atoms with Crippen molar-refractivity contribution >= 4 is 5.91 Å². The van der Waals surface area contributed by atoms with Gasteiger partial charge < -0.3 is 9.42 Å². The van der Waals surface area contributed by atoms with Crippen molar-refractivity contribution in [2.45, 2.75) is 33.4 Å². The first kappa shape index (κ1) is 19.6. The highest BCUT2D eigenvalue weighted by molar-refractivity contribution is 5.78. The number of hydrogen-bond acceptors (Lipinski definition) is 5. The maximum atomic E-state index is 12.7. The van der Waals surface area contributed by atoms with Crippen LogP contribution < -0.4 is 0 Å². The van der Waals surface area contributed by atoms with Gasteiger partial charge in [-0.3, -0.25) is 14.6 Å². The van der Waals surface area contributed by atoms with Crippen LogP contribution in [0.2, 0.25) is 0 Å². The van der Waals surface area contributed by atoms with E-state index in [4.69, 9.17) is 4.52 Å². The fourth-order valence-electron chi connectivity index (χ4n) is 3.54. The lowest BCUT2D eigenvalue weighted by molar-refractivity contribution is -0.134. The Bertz CT molecular complexity index is 731. The average Bonchev–Trinajstić information content (AvgIpc) is 3.00.